The van der Waals surface area contributed by atoms with Crippen molar-refractivity contribution in [3.8, 4) is 11.5 Å². The van der Waals surface area contributed by atoms with Gasteiger partial charge in [-0.05, 0) is 48.4 Å². The van der Waals surface area contributed by atoms with Crippen LogP contribution in [0.3, 0.4) is 0 Å². The van der Waals surface area contributed by atoms with Gasteiger partial charge in [0.05, 0.1) is 30.1 Å². The minimum Gasteiger partial charge on any atom is -0.493 e. The second-order valence-corrected chi connectivity index (χ2v) is 9.18. The maximum atomic E-state index is 14.0. The molecular formula is C25H22ClFN4O4S. The highest BCUT2D eigenvalue weighted by atomic mass is 35.5. The minimum absolute atomic E-state index is 0.0729. The predicted molar refractivity (Wildman–Crippen MR) is 138 cm³/mol. The minimum atomic E-state index is -0.478. The van der Waals surface area contributed by atoms with Crippen molar-refractivity contribution < 1.29 is 18.7 Å². The third-order valence-electron chi connectivity index (χ3n) is 5.26. The summed E-state index contributed by atoms with van der Waals surface area (Å²) in [5.41, 5.74) is 2.99. The van der Waals surface area contributed by atoms with Crippen molar-refractivity contribution in [2.24, 2.45) is 5.10 Å². The van der Waals surface area contributed by atoms with E-state index in [1.807, 2.05) is 13.0 Å². The van der Waals surface area contributed by atoms with Gasteiger partial charge in [-0.25, -0.2) is 14.8 Å². The van der Waals surface area contributed by atoms with Crippen LogP contribution in [0.15, 0.2) is 58.7 Å². The average Bonchev–Trinajstić information content (AvgIpc) is 3.30. The fraction of sp³-hybridized carbons (Fsp3) is 0.200. The van der Waals surface area contributed by atoms with Gasteiger partial charge in [-0.2, -0.15) is 5.10 Å². The van der Waals surface area contributed by atoms with E-state index in [1.165, 1.54) is 47.7 Å². The van der Waals surface area contributed by atoms with Crippen molar-refractivity contribution >= 4 is 45.3 Å². The molecule has 2 aromatic heterocycles. The number of methoxy groups -OCH3 is 1. The average molecular weight is 529 g/mol. The highest BCUT2D eigenvalue weighted by molar-refractivity contribution is 7.18. The van der Waals surface area contributed by atoms with Gasteiger partial charge in [0.25, 0.3) is 11.5 Å². The van der Waals surface area contributed by atoms with Crippen LogP contribution in [-0.4, -0.2) is 28.8 Å². The number of aryl methyl sites for hydroxylation is 1. The Morgan fingerprint density at radius 1 is 1.28 bits per heavy atom. The van der Waals surface area contributed by atoms with Crippen molar-refractivity contribution in [2.45, 2.75) is 26.5 Å². The Balaban J connectivity index is 1.38. The molecule has 2 aromatic carbocycles. The van der Waals surface area contributed by atoms with E-state index in [0.717, 1.165) is 11.3 Å². The number of hydrogen-bond donors (Lipinski definition) is 1. The third kappa shape index (κ3) is 5.72. The molecule has 4 aromatic rings. The van der Waals surface area contributed by atoms with Gasteiger partial charge < -0.3 is 9.47 Å². The molecule has 0 radical (unpaired) electrons. The number of rotatable bonds is 9. The van der Waals surface area contributed by atoms with Gasteiger partial charge in [0.2, 0.25) is 0 Å². The molecule has 1 amide bonds. The Morgan fingerprint density at radius 2 is 2.11 bits per heavy atom. The molecule has 8 nitrogen and oxygen atoms in total. The molecule has 0 saturated carbocycles. The molecule has 0 bridgehead atoms. The first kappa shape index (κ1) is 25.3. The van der Waals surface area contributed by atoms with Gasteiger partial charge in [0.15, 0.2) is 11.5 Å². The topological polar surface area (TPSA) is 94.8 Å². The smallest absolute Gasteiger partial charge is 0.262 e. The van der Waals surface area contributed by atoms with Crippen LogP contribution >= 0.6 is 22.9 Å². The number of halogens is 2. The monoisotopic (exact) mass is 528 g/mol. The van der Waals surface area contributed by atoms with Crippen LogP contribution in [0.1, 0.15) is 22.9 Å². The van der Waals surface area contributed by atoms with Gasteiger partial charge in [-0.1, -0.05) is 24.6 Å². The second-order valence-electron chi connectivity index (χ2n) is 7.66. The van der Waals surface area contributed by atoms with E-state index in [0.29, 0.717) is 27.3 Å². The predicted octanol–water partition coefficient (Wildman–Crippen LogP) is 4.55. The summed E-state index contributed by atoms with van der Waals surface area (Å²) in [6.45, 7) is 1.72. The Labute approximate surface area is 215 Å². The first-order valence-corrected chi connectivity index (χ1v) is 12.1. The van der Waals surface area contributed by atoms with Crippen LogP contribution in [0.5, 0.6) is 11.5 Å². The lowest BCUT2D eigenvalue weighted by atomic mass is 10.2. The Kier molecular flexibility index (Phi) is 7.97. The van der Waals surface area contributed by atoms with Crippen molar-refractivity contribution in [3.63, 3.8) is 0 Å². The van der Waals surface area contributed by atoms with E-state index in [9.17, 15) is 14.0 Å². The molecule has 36 heavy (non-hydrogen) atoms. The molecule has 1 N–H and O–H groups in total. The Morgan fingerprint density at radius 3 is 2.86 bits per heavy atom. The maximum absolute atomic E-state index is 14.0. The van der Waals surface area contributed by atoms with E-state index in [4.69, 9.17) is 21.1 Å². The number of fused-ring (bicyclic) bond motifs is 1. The summed E-state index contributed by atoms with van der Waals surface area (Å²) >= 11 is 7.51. The fourth-order valence-corrected chi connectivity index (χ4v) is 4.51. The summed E-state index contributed by atoms with van der Waals surface area (Å²) in [4.78, 5) is 30.9. The molecule has 0 fully saturated rings. The number of hydrogen-bond acceptors (Lipinski definition) is 7. The number of thiophene rings is 1. The van der Waals surface area contributed by atoms with Crippen molar-refractivity contribution in [2.75, 3.05) is 7.11 Å². The Hall–Kier alpha value is -3.76. The largest absolute Gasteiger partial charge is 0.493 e. The quantitative estimate of drug-likeness (QED) is 0.254. The van der Waals surface area contributed by atoms with Crippen molar-refractivity contribution in [3.05, 3.63) is 86.0 Å². The molecule has 0 atom stereocenters. The van der Waals surface area contributed by atoms with E-state index >= 15 is 0 Å². The van der Waals surface area contributed by atoms with Gasteiger partial charge >= 0.3 is 0 Å². The Bertz CT molecular complexity index is 1480. The molecule has 0 aliphatic rings. The number of benzene rings is 2. The van der Waals surface area contributed by atoms with Crippen molar-refractivity contribution in [1.82, 2.24) is 15.0 Å². The number of ether oxygens (including phenoxy) is 2. The highest BCUT2D eigenvalue weighted by Crippen LogP contribution is 2.30. The second kappa shape index (κ2) is 11.3. The molecule has 0 aliphatic heterocycles. The third-order valence-corrected chi connectivity index (χ3v) is 6.80. The molecule has 0 aliphatic carbocycles. The number of hydrazone groups is 1. The first-order chi connectivity index (χ1) is 17.4. The summed E-state index contributed by atoms with van der Waals surface area (Å²) in [6, 6.07) is 11.2. The molecule has 0 unspecified atom stereocenters. The van der Waals surface area contributed by atoms with Crippen LogP contribution in [0.4, 0.5) is 4.39 Å². The van der Waals surface area contributed by atoms with E-state index in [2.05, 4.69) is 15.5 Å². The standard InChI is InChI=1S/C25H22ClFN4O4S/c1-3-16-10-17-24(36-16)28-14-31(25(17)33)12-23(32)30-29-11-15-7-8-21(22(9-15)34-2)35-13-18-19(26)5-4-6-20(18)27/h4-11,14H,3,12-13H2,1-2H3,(H,30,32)/b29-11+. The SMILES string of the molecule is CCc1cc2c(=O)n(CC(=O)N/N=C/c3ccc(OCc4c(F)cccc4Cl)c(OC)c3)cnc2s1. The number of carbonyl (C=O) groups excluding carboxylic acids is 1. The number of carbonyl (C=O) groups is 1. The summed E-state index contributed by atoms with van der Waals surface area (Å²) < 4.78 is 26.3. The van der Waals surface area contributed by atoms with E-state index < -0.39 is 11.7 Å². The zero-order chi connectivity index (χ0) is 25.7. The zero-order valence-electron chi connectivity index (χ0n) is 19.5. The summed E-state index contributed by atoms with van der Waals surface area (Å²) in [5.74, 6) is -0.153. The van der Waals surface area contributed by atoms with E-state index in [-0.39, 0.29) is 29.3 Å². The molecule has 0 spiro atoms. The van der Waals surface area contributed by atoms with Crippen molar-refractivity contribution in [1.29, 1.82) is 0 Å². The normalized spacial score (nSPS) is 11.2. The van der Waals surface area contributed by atoms with Gasteiger partial charge in [-0.3, -0.25) is 14.2 Å². The van der Waals surface area contributed by atoms with E-state index in [1.54, 1.807) is 24.3 Å². The highest BCUT2D eigenvalue weighted by Gasteiger charge is 2.12. The number of nitrogens with one attached hydrogen (secondary N) is 1. The number of aromatic nitrogens is 2. The number of amides is 1. The summed E-state index contributed by atoms with van der Waals surface area (Å²) in [7, 11) is 1.47. The lowest BCUT2D eigenvalue weighted by Crippen LogP contribution is -2.29. The molecule has 4 rings (SSSR count). The lowest BCUT2D eigenvalue weighted by molar-refractivity contribution is -0.121. The zero-order valence-corrected chi connectivity index (χ0v) is 21.0. The first-order valence-electron chi connectivity index (χ1n) is 10.9. The van der Waals surface area contributed by atoms with Crippen LogP contribution in [0.25, 0.3) is 10.2 Å². The van der Waals surface area contributed by atoms with Crippen LogP contribution < -0.4 is 20.5 Å². The number of nitrogens with zero attached hydrogens (tertiary/aromatic N) is 3. The molecule has 11 heteroatoms. The molecule has 0 saturated heterocycles. The van der Waals surface area contributed by atoms with Crippen LogP contribution in [0, 0.1) is 5.82 Å². The lowest BCUT2D eigenvalue weighted by Gasteiger charge is -2.12. The van der Waals surface area contributed by atoms with Crippen LogP contribution in [-0.2, 0) is 24.4 Å². The molecule has 186 valence electrons. The summed E-state index contributed by atoms with van der Waals surface area (Å²) in [5, 5.41) is 4.72. The van der Waals surface area contributed by atoms with Gasteiger partial charge in [0.1, 0.15) is 23.8 Å². The molecular weight excluding hydrogens is 507 g/mol. The fourth-order valence-electron chi connectivity index (χ4n) is 3.37. The maximum Gasteiger partial charge on any atom is 0.262 e. The van der Waals surface area contributed by atoms with Gasteiger partial charge in [-0.15, -0.1) is 11.3 Å². The molecule has 2 heterocycles. The summed E-state index contributed by atoms with van der Waals surface area (Å²) in [6.07, 6.45) is 3.60. The van der Waals surface area contributed by atoms with Gasteiger partial charge in [0, 0.05) is 10.4 Å². The van der Waals surface area contributed by atoms with Crippen LogP contribution in [0.2, 0.25) is 5.02 Å².